The fourth-order valence-corrected chi connectivity index (χ4v) is 10.1. The first-order valence-corrected chi connectivity index (χ1v) is 21.8. The molecule has 6 aromatic rings. The van der Waals surface area contributed by atoms with Gasteiger partial charge in [0.2, 0.25) is 5.95 Å². The fourth-order valence-electron chi connectivity index (χ4n) is 8.79. The summed E-state index contributed by atoms with van der Waals surface area (Å²) in [7, 11) is -2.48. The van der Waals surface area contributed by atoms with E-state index in [1.165, 1.54) is 10.8 Å². The lowest BCUT2D eigenvalue weighted by Gasteiger charge is -2.43. The minimum Gasteiger partial charge on any atom is -0.393 e. The molecule has 0 unspecified atom stereocenters. The molecule has 0 spiro atoms. The van der Waals surface area contributed by atoms with Gasteiger partial charge in [0.05, 0.1) is 28.8 Å². The lowest BCUT2D eigenvalue weighted by molar-refractivity contribution is -0.0672. The highest BCUT2D eigenvalue weighted by Crippen LogP contribution is 2.43. The molecule has 3 aromatic carbocycles. The van der Waals surface area contributed by atoms with Crippen molar-refractivity contribution >= 4 is 37.8 Å². The number of aliphatic hydroxyl groups excluding tert-OH is 1. The van der Waals surface area contributed by atoms with Gasteiger partial charge in [0.1, 0.15) is 11.1 Å². The molecular weight excluding hydrogens is 765 g/mol. The topological polar surface area (TPSA) is 143 Å². The number of fused-ring (bicyclic) bond motifs is 2. The van der Waals surface area contributed by atoms with E-state index in [4.69, 9.17) is 21.1 Å². The van der Waals surface area contributed by atoms with Gasteiger partial charge < -0.3 is 24.4 Å². The molecule has 2 saturated heterocycles. The van der Waals surface area contributed by atoms with Gasteiger partial charge in [0.25, 0.3) is 15.6 Å². The van der Waals surface area contributed by atoms with E-state index < -0.39 is 26.8 Å². The summed E-state index contributed by atoms with van der Waals surface area (Å²) in [6, 6.07) is 24.1. The second kappa shape index (κ2) is 15.0. The Hall–Kier alpha value is -5.36. The Morgan fingerprint density at radius 3 is 2.31 bits per heavy atom. The maximum absolute atomic E-state index is 14.0. The Labute approximate surface area is 343 Å². The van der Waals surface area contributed by atoms with Crippen molar-refractivity contribution in [2.45, 2.75) is 73.7 Å². The van der Waals surface area contributed by atoms with Crippen molar-refractivity contribution in [1.29, 1.82) is 0 Å². The second-order valence-corrected chi connectivity index (χ2v) is 18.2. The Bertz CT molecular complexity index is 2760. The molecule has 0 bridgehead atoms. The molecule has 1 atom stereocenters. The molecule has 12 nitrogen and oxygen atoms in total. The molecule has 3 aromatic heterocycles. The zero-order chi connectivity index (χ0) is 41.1. The molecule has 304 valence electrons. The third-order valence-corrected chi connectivity index (χ3v) is 14.1. The van der Waals surface area contributed by atoms with Crippen molar-refractivity contribution in [3.8, 4) is 23.5 Å². The number of likely N-dealkylation sites (tertiary alicyclic amines) is 1. The number of hydrogen-bond acceptors (Lipinski definition) is 10. The van der Waals surface area contributed by atoms with E-state index in [2.05, 4.69) is 15.7 Å². The third-order valence-electron chi connectivity index (χ3n) is 12.5. The zero-order valence-electron chi connectivity index (χ0n) is 33.3. The number of anilines is 1. The van der Waals surface area contributed by atoms with Gasteiger partial charge in [-0.1, -0.05) is 60.0 Å². The van der Waals surface area contributed by atoms with Crippen molar-refractivity contribution in [1.82, 2.24) is 23.4 Å². The van der Waals surface area contributed by atoms with E-state index in [1.807, 2.05) is 55.5 Å². The van der Waals surface area contributed by atoms with Crippen molar-refractivity contribution in [2.24, 2.45) is 7.05 Å². The van der Waals surface area contributed by atoms with Crippen LogP contribution in [0.15, 0.2) is 101 Å². The summed E-state index contributed by atoms with van der Waals surface area (Å²) in [5.41, 5.74) is 1.50. The first-order chi connectivity index (χ1) is 28.4. The van der Waals surface area contributed by atoms with E-state index in [1.54, 1.807) is 43.6 Å². The molecule has 0 radical (unpaired) electrons. The minimum absolute atomic E-state index is 0.0447. The molecule has 3 fully saturated rings. The average molecular weight is 813 g/mol. The highest BCUT2D eigenvalue weighted by Gasteiger charge is 2.44. The number of ether oxygens (including phenoxy) is 1. The van der Waals surface area contributed by atoms with Crippen LogP contribution in [0.25, 0.3) is 32.9 Å². The molecule has 0 amide bonds. The van der Waals surface area contributed by atoms with Gasteiger partial charge in [-0.2, -0.15) is 0 Å². The van der Waals surface area contributed by atoms with Crippen LogP contribution >= 0.6 is 0 Å². The number of rotatable bonds is 10. The molecule has 2 N–H and O–H groups in total. The largest absolute Gasteiger partial charge is 0.393 e. The van der Waals surface area contributed by atoms with Crippen LogP contribution in [0.4, 0.5) is 5.95 Å². The van der Waals surface area contributed by atoms with E-state index in [0.717, 1.165) is 67.0 Å². The summed E-state index contributed by atoms with van der Waals surface area (Å²) < 4.78 is 37.3. The predicted molar refractivity (Wildman–Crippen MR) is 228 cm³/mol. The molecule has 13 heteroatoms. The maximum Gasteiger partial charge on any atom is 0.275 e. The molecular formula is C46H48N6O6S. The predicted octanol–water partition coefficient (Wildman–Crippen LogP) is 5.34. The first kappa shape index (κ1) is 39.1. The number of nitrogens with zero attached hydrogens (tertiary/aromatic N) is 6. The highest BCUT2D eigenvalue weighted by atomic mass is 32.2. The third kappa shape index (κ3) is 7.02. The van der Waals surface area contributed by atoms with Gasteiger partial charge in [-0.3, -0.25) is 9.69 Å². The summed E-state index contributed by atoms with van der Waals surface area (Å²) in [5, 5.41) is 23.3. The quantitative estimate of drug-likeness (QED) is 0.174. The molecule has 9 rings (SSSR count). The van der Waals surface area contributed by atoms with Gasteiger partial charge in [-0.15, -0.1) is 6.42 Å². The molecule has 1 saturated carbocycles. The number of piperidine rings is 2. The SMILES string of the molecule is C#CC1(O)CCN(C2CCN(c3nc([C@@](CO)(OC4CC4)c4ccccc4)c4cc(-c5cn(C)c(=O)c6c5ccn6S(=O)(=O)c5ccc(C)cc5)ccc4n3)CC2)CC1. The van der Waals surface area contributed by atoms with Gasteiger partial charge in [0.15, 0.2) is 5.60 Å². The van der Waals surface area contributed by atoms with E-state index in [0.29, 0.717) is 57.9 Å². The normalized spacial score (nSPS) is 18.9. The van der Waals surface area contributed by atoms with Crippen LogP contribution in [0, 0.1) is 19.3 Å². The number of aromatic nitrogens is 4. The van der Waals surface area contributed by atoms with Crippen LogP contribution in [-0.4, -0.2) is 92.6 Å². The van der Waals surface area contributed by atoms with Crippen LogP contribution < -0.4 is 10.5 Å². The Morgan fingerprint density at radius 2 is 1.64 bits per heavy atom. The van der Waals surface area contributed by atoms with Gasteiger partial charge >= 0.3 is 0 Å². The lowest BCUT2D eigenvalue weighted by Crippen LogP contribution is -2.51. The lowest BCUT2D eigenvalue weighted by atomic mass is 9.87. The van der Waals surface area contributed by atoms with Gasteiger partial charge in [-0.25, -0.2) is 22.4 Å². The van der Waals surface area contributed by atoms with Crippen LogP contribution in [0.2, 0.25) is 0 Å². The van der Waals surface area contributed by atoms with Crippen molar-refractivity contribution in [3.05, 3.63) is 118 Å². The smallest absolute Gasteiger partial charge is 0.275 e. The first-order valence-electron chi connectivity index (χ1n) is 20.3. The fraction of sp³-hybridized carbons (Fsp3) is 0.370. The second-order valence-electron chi connectivity index (χ2n) is 16.4. The Kier molecular flexibility index (Phi) is 9.97. The molecule has 1 aliphatic carbocycles. The standard InChI is InChI=1S/C46H48N6O6S/c1-4-45(55)21-26-50(27-22-45)34-18-23-51(24-19-34)44-47-40-17-12-32(28-38(40)42(48-44)46(30-53,58-35-13-14-35)33-8-6-5-7-9-33)39-29-49(3)43(54)41-37(39)20-25-52(41)59(56,57)36-15-10-31(2)11-16-36/h1,5-12,15-17,20,25,28-29,34-35,53,55H,13-14,18-19,21-24,26-27,30H2,2-3H3/t46-/m0/s1. The van der Waals surface area contributed by atoms with Crippen LogP contribution in [0.1, 0.15) is 55.3 Å². The summed E-state index contributed by atoms with van der Waals surface area (Å²) in [5.74, 6) is 3.13. The van der Waals surface area contributed by atoms with Crippen molar-refractivity contribution in [2.75, 3.05) is 37.7 Å². The van der Waals surface area contributed by atoms with E-state index >= 15 is 0 Å². The number of aryl methyl sites for hydroxylation is 2. The summed E-state index contributed by atoms with van der Waals surface area (Å²) in [4.78, 5) is 28.9. The highest BCUT2D eigenvalue weighted by molar-refractivity contribution is 7.90. The number of pyridine rings is 1. The molecule has 59 heavy (non-hydrogen) atoms. The monoisotopic (exact) mass is 812 g/mol. The molecule has 5 heterocycles. The summed E-state index contributed by atoms with van der Waals surface area (Å²) >= 11 is 0. The maximum atomic E-state index is 14.0. The zero-order valence-corrected chi connectivity index (χ0v) is 34.1. The number of hydrogen-bond donors (Lipinski definition) is 2. The Balaban J connectivity index is 1.16. The molecule has 2 aliphatic heterocycles. The average Bonchev–Trinajstić information content (AvgIpc) is 3.97. The Morgan fingerprint density at radius 1 is 0.932 bits per heavy atom. The number of aliphatic hydroxyl groups is 2. The summed E-state index contributed by atoms with van der Waals surface area (Å²) in [6.07, 6.45) is 13.4. The van der Waals surface area contributed by atoms with Crippen molar-refractivity contribution < 1.29 is 23.4 Å². The summed E-state index contributed by atoms with van der Waals surface area (Å²) in [6.45, 7) is 4.48. The number of benzene rings is 3. The van der Waals surface area contributed by atoms with Crippen LogP contribution in [0.5, 0.6) is 0 Å². The van der Waals surface area contributed by atoms with E-state index in [-0.39, 0.29) is 23.1 Å². The minimum atomic E-state index is -4.09. The van der Waals surface area contributed by atoms with Crippen molar-refractivity contribution in [3.63, 3.8) is 0 Å². The van der Waals surface area contributed by atoms with Crippen LogP contribution in [-0.2, 0) is 27.4 Å². The van der Waals surface area contributed by atoms with E-state index in [9.17, 15) is 23.4 Å². The van der Waals surface area contributed by atoms with Gasteiger partial charge in [0, 0.05) is 80.8 Å². The number of terminal acetylenes is 1. The van der Waals surface area contributed by atoms with Crippen LogP contribution in [0.3, 0.4) is 0 Å². The van der Waals surface area contributed by atoms with Gasteiger partial charge in [-0.05, 0) is 74.1 Å². The molecule has 3 aliphatic rings.